The lowest BCUT2D eigenvalue weighted by atomic mass is 10.0. The Labute approximate surface area is 136 Å². The maximum Gasteiger partial charge on any atom is 0.219 e. The van der Waals surface area contributed by atoms with Gasteiger partial charge < -0.3 is 34.8 Å². The number of aliphatic hydroxyl groups is 4. The van der Waals surface area contributed by atoms with Crippen LogP contribution in [-0.2, 0) is 14.3 Å². The van der Waals surface area contributed by atoms with Gasteiger partial charge in [-0.3, -0.25) is 4.79 Å². The number of carbonyl (C=O) groups is 1. The van der Waals surface area contributed by atoms with Gasteiger partial charge in [-0.2, -0.15) is 0 Å². The highest BCUT2D eigenvalue weighted by molar-refractivity contribution is 5.73. The first-order chi connectivity index (χ1) is 11.0. The summed E-state index contributed by atoms with van der Waals surface area (Å²) in [6.45, 7) is 2.50. The Kier molecular flexibility index (Phi) is 9.61. The Morgan fingerprint density at radius 1 is 1.22 bits per heavy atom. The average molecular weight is 335 g/mol. The van der Waals surface area contributed by atoms with E-state index in [4.69, 9.17) is 14.6 Å². The molecular formula is C15H29NO7. The minimum atomic E-state index is -1.40. The number of amides is 1. The van der Waals surface area contributed by atoms with Crippen molar-refractivity contribution in [1.29, 1.82) is 0 Å². The number of hydrogen-bond acceptors (Lipinski definition) is 7. The van der Waals surface area contributed by atoms with Crippen LogP contribution in [0.2, 0.25) is 0 Å². The van der Waals surface area contributed by atoms with Crippen LogP contribution in [0, 0.1) is 0 Å². The predicted molar refractivity (Wildman–Crippen MR) is 81.8 cm³/mol. The monoisotopic (exact) mass is 335 g/mol. The van der Waals surface area contributed by atoms with Gasteiger partial charge in [0.1, 0.15) is 24.4 Å². The summed E-state index contributed by atoms with van der Waals surface area (Å²) in [4.78, 5) is 13.1. The van der Waals surface area contributed by atoms with Gasteiger partial charge in [0.25, 0.3) is 0 Å². The molecule has 0 bridgehead atoms. The third kappa shape index (κ3) is 7.11. The Morgan fingerprint density at radius 3 is 2.52 bits per heavy atom. The zero-order valence-electron chi connectivity index (χ0n) is 13.6. The van der Waals surface area contributed by atoms with Crippen molar-refractivity contribution >= 4 is 5.91 Å². The molecule has 1 saturated heterocycles. The second kappa shape index (κ2) is 10.9. The number of aliphatic hydroxyl groups excluding tert-OH is 4. The van der Waals surface area contributed by atoms with Crippen molar-refractivity contribution in [2.75, 3.05) is 39.5 Å². The zero-order chi connectivity index (χ0) is 17.2. The minimum absolute atomic E-state index is 0.0749. The van der Waals surface area contributed by atoms with Crippen LogP contribution in [0.3, 0.4) is 0 Å². The van der Waals surface area contributed by atoms with Crippen LogP contribution in [0.1, 0.15) is 26.2 Å². The number of rotatable bonds is 2. The van der Waals surface area contributed by atoms with Crippen LogP contribution in [0.4, 0.5) is 0 Å². The fourth-order valence-corrected chi connectivity index (χ4v) is 2.46. The molecule has 0 aromatic carbocycles. The molecule has 0 aliphatic carbocycles. The largest absolute Gasteiger partial charge is 0.394 e. The van der Waals surface area contributed by atoms with Gasteiger partial charge in [-0.15, -0.1) is 0 Å². The van der Waals surface area contributed by atoms with Crippen molar-refractivity contribution < 1.29 is 34.7 Å². The van der Waals surface area contributed by atoms with Crippen molar-refractivity contribution in [3.8, 4) is 0 Å². The molecule has 1 rings (SSSR count). The number of carbonyl (C=O) groups excluding carboxylic acids is 1. The number of nitrogens with zero attached hydrogens (tertiary/aromatic N) is 1. The van der Waals surface area contributed by atoms with Crippen LogP contribution in [0.5, 0.6) is 0 Å². The lowest BCUT2D eigenvalue weighted by molar-refractivity contribution is -0.151. The topological polar surface area (TPSA) is 120 Å². The first-order valence-corrected chi connectivity index (χ1v) is 8.07. The van der Waals surface area contributed by atoms with Crippen LogP contribution >= 0.6 is 0 Å². The summed E-state index contributed by atoms with van der Waals surface area (Å²) in [5, 5.41) is 39.3. The molecule has 1 aliphatic heterocycles. The van der Waals surface area contributed by atoms with Gasteiger partial charge in [-0.05, 0) is 19.3 Å². The summed E-state index contributed by atoms with van der Waals surface area (Å²) in [6.07, 6.45) is -3.04. The lowest BCUT2D eigenvalue weighted by Crippen LogP contribution is -2.51. The Balaban J connectivity index is 2.78. The van der Waals surface area contributed by atoms with Crippen LogP contribution in [0.15, 0.2) is 0 Å². The van der Waals surface area contributed by atoms with E-state index in [1.807, 2.05) is 0 Å². The molecule has 0 radical (unpaired) electrons. The first kappa shape index (κ1) is 20.3. The van der Waals surface area contributed by atoms with Gasteiger partial charge in [0, 0.05) is 39.8 Å². The Hall–Kier alpha value is -0.770. The van der Waals surface area contributed by atoms with E-state index in [9.17, 15) is 20.1 Å². The molecular weight excluding hydrogens is 306 g/mol. The smallest absolute Gasteiger partial charge is 0.219 e. The molecule has 0 aromatic rings. The zero-order valence-corrected chi connectivity index (χ0v) is 13.6. The van der Waals surface area contributed by atoms with E-state index in [1.54, 1.807) is 0 Å². The summed E-state index contributed by atoms with van der Waals surface area (Å²) in [6, 6.07) is 0. The summed E-state index contributed by atoms with van der Waals surface area (Å²) >= 11 is 0. The van der Waals surface area contributed by atoms with E-state index in [0.717, 1.165) is 6.42 Å². The SMILES string of the molecule is CC(=O)N1CCCOCCCCO[C@H]([C@H](O)CO)[C@H](O)[C@H](O)C1. The normalized spacial score (nSPS) is 30.5. The van der Waals surface area contributed by atoms with Crippen molar-refractivity contribution in [2.24, 2.45) is 0 Å². The fraction of sp³-hybridized carbons (Fsp3) is 0.933. The van der Waals surface area contributed by atoms with E-state index < -0.39 is 31.0 Å². The second-order valence-corrected chi connectivity index (χ2v) is 5.78. The third-order valence-electron chi connectivity index (χ3n) is 3.86. The van der Waals surface area contributed by atoms with Gasteiger partial charge in [0.05, 0.1) is 6.61 Å². The van der Waals surface area contributed by atoms with Crippen molar-refractivity contribution in [2.45, 2.75) is 50.6 Å². The fourth-order valence-electron chi connectivity index (χ4n) is 2.46. The standard InChI is InChI=1S/C15H29NO7/c1-11(18)16-5-4-7-22-6-2-3-8-23-15(13(20)10-17)14(21)12(19)9-16/h12-15,17,19-21H,2-10H2,1H3/t12-,13-,14-,15-/m1/s1. The van der Waals surface area contributed by atoms with Crippen molar-refractivity contribution in [1.82, 2.24) is 4.90 Å². The van der Waals surface area contributed by atoms with E-state index in [0.29, 0.717) is 32.6 Å². The molecule has 4 N–H and O–H groups in total. The molecule has 0 spiro atoms. The van der Waals surface area contributed by atoms with E-state index in [-0.39, 0.29) is 19.1 Å². The van der Waals surface area contributed by atoms with Crippen LogP contribution in [-0.4, -0.2) is 95.2 Å². The highest BCUT2D eigenvalue weighted by Gasteiger charge is 2.33. The van der Waals surface area contributed by atoms with E-state index >= 15 is 0 Å². The van der Waals surface area contributed by atoms with Crippen LogP contribution in [0.25, 0.3) is 0 Å². The molecule has 23 heavy (non-hydrogen) atoms. The van der Waals surface area contributed by atoms with E-state index in [2.05, 4.69) is 0 Å². The number of ether oxygens (including phenoxy) is 2. The molecule has 0 aromatic heterocycles. The van der Waals surface area contributed by atoms with Gasteiger partial charge in [-0.25, -0.2) is 0 Å². The maximum atomic E-state index is 11.6. The van der Waals surface area contributed by atoms with Gasteiger partial charge in [0.2, 0.25) is 5.91 Å². The van der Waals surface area contributed by atoms with E-state index in [1.165, 1.54) is 11.8 Å². The molecule has 1 fully saturated rings. The van der Waals surface area contributed by atoms with Crippen LogP contribution < -0.4 is 0 Å². The predicted octanol–water partition coefficient (Wildman–Crippen LogP) is -1.50. The molecule has 1 aliphatic rings. The van der Waals surface area contributed by atoms with Gasteiger partial charge in [-0.1, -0.05) is 0 Å². The molecule has 136 valence electrons. The Bertz CT molecular complexity index is 342. The quantitative estimate of drug-likeness (QED) is 0.484. The summed E-state index contributed by atoms with van der Waals surface area (Å²) in [5.74, 6) is -0.219. The molecule has 8 heteroatoms. The molecule has 0 saturated carbocycles. The molecule has 1 amide bonds. The summed E-state index contributed by atoms with van der Waals surface area (Å²) < 4.78 is 10.9. The number of β-amino-alcohol motifs (C(OH)–C–C–N with tert-alkyl or cyclic N) is 1. The highest BCUT2D eigenvalue weighted by atomic mass is 16.5. The third-order valence-corrected chi connectivity index (χ3v) is 3.86. The molecule has 1 heterocycles. The summed E-state index contributed by atoms with van der Waals surface area (Å²) in [7, 11) is 0. The van der Waals surface area contributed by atoms with Gasteiger partial charge >= 0.3 is 0 Å². The first-order valence-electron chi connectivity index (χ1n) is 8.07. The Morgan fingerprint density at radius 2 is 1.87 bits per heavy atom. The molecule has 0 unspecified atom stereocenters. The molecule has 8 nitrogen and oxygen atoms in total. The molecule has 4 atom stereocenters. The highest BCUT2D eigenvalue weighted by Crippen LogP contribution is 2.13. The summed E-state index contributed by atoms with van der Waals surface area (Å²) in [5.41, 5.74) is 0. The minimum Gasteiger partial charge on any atom is -0.394 e. The van der Waals surface area contributed by atoms with Crippen molar-refractivity contribution in [3.05, 3.63) is 0 Å². The van der Waals surface area contributed by atoms with Crippen molar-refractivity contribution in [3.63, 3.8) is 0 Å². The second-order valence-electron chi connectivity index (χ2n) is 5.78. The number of hydrogen-bond donors (Lipinski definition) is 4. The van der Waals surface area contributed by atoms with Gasteiger partial charge in [0.15, 0.2) is 0 Å². The maximum absolute atomic E-state index is 11.6. The lowest BCUT2D eigenvalue weighted by Gasteiger charge is -2.32. The average Bonchev–Trinajstić information content (AvgIpc) is 2.53.